The van der Waals surface area contributed by atoms with E-state index in [-0.39, 0.29) is 11.2 Å². The molecule has 4 aliphatic carbocycles. The van der Waals surface area contributed by atoms with Crippen LogP contribution in [0.15, 0.2) is 84.9 Å². The fourth-order valence-electron chi connectivity index (χ4n) is 5.99. The van der Waals surface area contributed by atoms with Gasteiger partial charge in [-0.15, -0.1) is 0 Å². The van der Waals surface area contributed by atoms with Crippen LogP contribution in [0.3, 0.4) is 0 Å². The summed E-state index contributed by atoms with van der Waals surface area (Å²) in [6.45, 7) is 4.69. The fraction of sp³-hybridized carbons (Fsp3) is 0.290. The molecule has 3 atom stereocenters. The smallest absolute Gasteiger partial charge is 0.123 e. The molecule has 0 heterocycles. The summed E-state index contributed by atoms with van der Waals surface area (Å²) in [4.78, 5) is 0. The quantitative estimate of drug-likeness (QED) is 0.292. The van der Waals surface area contributed by atoms with Gasteiger partial charge in [0.15, 0.2) is 0 Å². The van der Waals surface area contributed by atoms with Crippen molar-refractivity contribution in [3.8, 4) is 16.9 Å². The van der Waals surface area contributed by atoms with Gasteiger partial charge >= 0.3 is 0 Å². The number of methoxy groups -OCH3 is 1. The summed E-state index contributed by atoms with van der Waals surface area (Å²) in [5.41, 5.74) is 8.20. The van der Waals surface area contributed by atoms with E-state index in [2.05, 4.69) is 74.5 Å². The van der Waals surface area contributed by atoms with E-state index in [0.29, 0.717) is 11.8 Å². The van der Waals surface area contributed by atoms with Gasteiger partial charge in [-0.05, 0) is 94.2 Å². The Bertz CT molecular complexity index is 1220. The van der Waals surface area contributed by atoms with E-state index >= 15 is 0 Å². The van der Waals surface area contributed by atoms with Gasteiger partial charge in [0.1, 0.15) is 11.6 Å². The molecule has 33 heavy (non-hydrogen) atoms. The molecule has 0 amide bonds. The summed E-state index contributed by atoms with van der Waals surface area (Å²) in [6.07, 6.45) is 3.13. The van der Waals surface area contributed by atoms with Crippen molar-refractivity contribution in [1.29, 1.82) is 0 Å². The molecule has 0 radical (unpaired) electrons. The molecule has 3 unspecified atom stereocenters. The van der Waals surface area contributed by atoms with Crippen LogP contribution in [0.25, 0.3) is 11.1 Å². The monoisotopic (exact) mass is 438 g/mol. The van der Waals surface area contributed by atoms with Crippen LogP contribution in [-0.2, 0) is 12.8 Å². The van der Waals surface area contributed by atoms with Gasteiger partial charge in [-0.2, -0.15) is 0 Å². The highest BCUT2D eigenvalue weighted by Gasteiger charge is 2.45. The van der Waals surface area contributed by atoms with E-state index in [0.717, 1.165) is 25.0 Å². The molecule has 2 aromatic rings. The first-order chi connectivity index (χ1) is 16.0. The Morgan fingerprint density at radius 3 is 2.12 bits per heavy atom. The number of hydrogen-bond acceptors (Lipinski definition) is 1. The molecule has 2 aromatic carbocycles. The van der Waals surface area contributed by atoms with E-state index in [1.807, 2.05) is 12.1 Å². The van der Waals surface area contributed by atoms with Gasteiger partial charge in [0.25, 0.3) is 0 Å². The predicted octanol–water partition coefficient (Wildman–Crippen LogP) is 8.02. The van der Waals surface area contributed by atoms with E-state index < -0.39 is 0 Å². The minimum Gasteiger partial charge on any atom is -0.497 e. The molecular formula is C31H31FO. The highest BCUT2D eigenvalue weighted by molar-refractivity contribution is 5.65. The van der Waals surface area contributed by atoms with Crippen LogP contribution in [0.4, 0.5) is 4.39 Å². The molecule has 0 fully saturated rings. The van der Waals surface area contributed by atoms with Crippen LogP contribution in [0, 0.1) is 11.2 Å². The molecule has 0 bridgehead atoms. The Hall–Kier alpha value is -3.13. The third-order valence-corrected chi connectivity index (χ3v) is 7.64. The van der Waals surface area contributed by atoms with E-state index in [4.69, 9.17) is 4.74 Å². The summed E-state index contributed by atoms with van der Waals surface area (Å²) >= 11 is 0. The van der Waals surface area contributed by atoms with Crippen LogP contribution in [0.5, 0.6) is 5.75 Å². The maximum absolute atomic E-state index is 13.6. The second-order valence-electron chi connectivity index (χ2n) is 9.95. The third kappa shape index (κ3) is 4.15. The summed E-state index contributed by atoms with van der Waals surface area (Å²) in [7, 11) is 1.72. The minimum absolute atomic E-state index is 0.112. The highest BCUT2D eigenvalue weighted by atomic mass is 19.1. The Morgan fingerprint density at radius 1 is 0.788 bits per heavy atom. The molecule has 0 saturated carbocycles. The Balaban J connectivity index is 0.000000190. The molecule has 4 aliphatic rings. The molecule has 0 saturated heterocycles. The standard InChI is InChI=1S/C21H23FO.C10H8/c1-13-8-20-19-6-4-16(22)9-14(19)11-21(20,2)12-15-10-17(23-3)5-7-18(13)15;1-2-5-9-7-4-8-10(9)6-3-1/h4-7,9-10,13,20H,8,11-12H2,1-3H3;1-8H. The summed E-state index contributed by atoms with van der Waals surface area (Å²) in [6, 6.07) is 28.6. The average molecular weight is 439 g/mol. The van der Waals surface area contributed by atoms with E-state index in [9.17, 15) is 4.39 Å². The Morgan fingerprint density at radius 2 is 1.42 bits per heavy atom. The maximum atomic E-state index is 13.6. The van der Waals surface area contributed by atoms with Crippen LogP contribution >= 0.6 is 0 Å². The van der Waals surface area contributed by atoms with Gasteiger partial charge in [0.2, 0.25) is 0 Å². The molecule has 1 nitrogen and oxygen atoms in total. The van der Waals surface area contributed by atoms with Crippen LogP contribution in [-0.4, -0.2) is 7.11 Å². The normalized spacial score (nSPS) is 22.9. The lowest BCUT2D eigenvalue weighted by molar-refractivity contribution is 0.265. The Kier molecular flexibility index (Phi) is 5.70. The molecule has 168 valence electrons. The number of fused-ring (bicyclic) bond motifs is 5. The van der Waals surface area contributed by atoms with Crippen LogP contribution < -0.4 is 4.74 Å². The van der Waals surface area contributed by atoms with Crippen molar-refractivity contribution in [2.75, 3.05) is 7.11 Å². The van der Waals surface area contributed by atoms with Crippen molar-refractivity contribution >= 4 is 0 Å². The van der Waals surface area contributed by atoms with Crippen molar-refractivity contribution in [3.63, 3.8) is 0 Å². The summed E-state index contributed by atoms with van der Waals surface area (Å²) in [5, 5.41) is 0. The number of rotatable bonds is 1. The average Bonchev–Trinajstić information content (AvgIpc) is 3.23. The highest BCUT2D eigenvalue weighted by Crippen LogP contribution is 2.55. The van der Waals surface area contributed by atoms with Gasteiger partial charge in [-0.1, -0.05) is 74.5 Å². The third-order valence-electron chi connectivity index (χ3n) is 7.64. The van der Waals surface area contributed by atoms with Gasteiger partial charge < -0.3 is 4.74 Å². The second-order valence-corrected chi connectivity index (χ2v) is 9.95. The molecular weight excluding hydrogens is 407 g/mol. The minimum atomic E-state index is -0.112. The van der Waals surface area contributed by atoms with Gasteiger partial charge in [-0.3, -0.25) is 0 Å². The number of halogens is 1. The molecule has 0 aliphatic heterocycles. The first kappa shape index (κ1) is 21.7. The van der Waals surface area contributed by atoms with E-state index in [1.54, 1.807) is 19.2 Å². The van der Waals surface area contributed by atoms with Crippen molar-refractivity contribution in [1.82, 2.24) is 0 Å². The lowest BCUT2D eigenvalue weighted by Gasteiger charge is -2.31. The molecule has 0 spiro atoms. The Labute approximate surface area is 196 Å². The molecule has 6 rings (SSSR count). The SMILES string of the molecule is COc1ccc2c(c1)CC1(C)Cc3cc(F)ccc3C1CC2C.c1ccc2cccc-2cc1. The summed E-state index contributed by atoms with van der Waals surface area (Å²) in [5.74, 6) is 1.84. The second kappa shape index (κ2) is 8.67. The van der Waals surface area contributed by atoms with Crippen molar-refractivity contribution in [2.45, 2.75) is 44.9 Å². The number of ether oxygens (including phenoxy) is 1. The first-order valence-electron chi connectivity index (χ1n) is 11.9. The molecule has 0 N–H and O–H groups in total. The molecule has 2 heteroatoms. The van der Waals surface area contributed by atoms with Gasteiger partial charge in [0, 0.05) is 0 Å². The lowest BCUT2D eigenvalue weighted by atomic mass is 9.73. The van der Waals surface area contributed by atoms with Crippen LogP contribution in [0.1, 0.15) is 54.4 Å². The largest absolute Gasteiger partial charge is 0.497 e. The number of benzene rings is 2. The van der Waals surface area contributed by atoms with Crippen molar-refractivity contribution < 1.29 is 9.13 Å². The first-order valence-corrected chi connectivity index (χ1v) is 11.9. The summed E-state index contributed by atoms with van der Waals surface area (Å²) < 4.78 is 19.1. The van der Waals surface area contributed by atoms with E-state index in [1.165, 1.54) is 33.4 Å². The zero-order valence-electron chi connectivity index (χ0n) is 19.6. The lowest BCUT2D eigenvalue weighted by Crippen LogP contribution is -2.24. The maximum Gasteiger partial charge on any atom is 0.123 e. The zero-order valence-corrected chi connectivity index (χ0v) is 19.6. The number of hydrogen-bond donors (Lipinski definition) is 0. The zero-order chi connectivity index (χ0) is 23.0. The van der Waals surface area contributed by atoms with Gasteiger partial charge in [0.05, 0.1) is 7.11 Å². The van der Waals surface area contributed by atoms with Crippen LogP contribution in [0.2, 0.25) is 0 Å². The van der Waals surface area contributed by atoms with Crippen molar-refractivity contribution in [2.24, 2.45) is 5.41 Å². The predicted molar refractivity (Wildman–Crippen MR) is 134 cm³/mol. The van der Waals surface area contributed by atoms with Gasteiger partial charge in [-0.25, -0.2) is 4.39 Å². The fourth-order valence-corrected chi connectivity index (χ4v) is 5.99. The topological polar surface area (TPSA) is 9.23 Å². The van der Waals surface area contributed by atoms with Crippen molar-refractivity contribution in [3.05, 3.63) is 113 Å². The molecule has 0 aromatic heterocycles.